The van der Waals surface area contributed by atoms with Gasteiger partial charge in [-0.25, -0.2) is 9.78 Å². The van der Waals surface area contributed by atoms with Crippen LogP contribution >= 0.6 is 0 Å². The average molecular weight is 438 g/mol. The molecule has 166 valence electrons. The van der Waals surface area contributed by atoms with Crippen molar-refractivity contribution in [3.63, 3.8) is 0 Å². The number of nitrogens with zero attached hydrogens (tertiary/aromatic N) is 3. The van der Waals surface area contributed by atoms with Crippen molar-refractivity contribution in [2.75, 3.05) is 21.3 Å². The van der Waals surface area contributed by atoms with Crippen LogP contribution in [0.2, 0.25) is 0 Å². The van der Waals surface area contributed by atoms with E-state index in [4.69, 9.17) is 18.9 Å². The molecule has 2 aromatic heterocycles. The van der Waals surface area contributed by atoms with Crippen LogP contribution in [-0.2, 0) is 16.0 Å². The number of ether oxygens (including phenoxy) is 4. The number of carbonyl (C=O) groups excluding carboxylic acids is 2. The number of amides is 1. The van der Waals surface area contributed by atoms with Gasteiger partial charge in [0.2, 0.25) is 11.8 Å². The van der Waals surface area contributed by atoms with Crippen LogP contribution in [0.1, 0.15) is 16.1 Å². The third-order valence-electron chi connectivity index (χ3n) is 4.34. The number of hydrogen-bond donors (Lipinski definition) is 1. The van der Waals surface area contributed by atoms with E-state index in [-0.39, 0.29) is 35.6 Å². The number of nitrogens with one attached hydrogen (secondary N) is 1. The van der Waals surface area contributed by atoms with Gasteiger partial charge in [0.25, 0.3) is 5.91 Å². The minimum Gasteiger partial charge on any atom is -0.481 e. The third kappa shape index (κ3) is 5.69. The Morgan fingerprint density at radius 1 is 0.969 bits per heavy atom. The van der Waals surface area contributed by atoms with Crippen LogP contribution < -0.4 is 19.5 Å². The van der Waals surface area contributed by atoms with Gasteiger partial charge in [-0.3, -0.25) is 4.79 Å². The summed E-state index contributed by atoms with van der Waals surface area (Å²) in [7, 11) is 4.14. The summed E-state index contributed by atoms with van der Waals surface area (Å²) in [4.78, 5) is 37.5. The van der Waals surface area contributed by atoms with E-state index in [0.29, 0.717) is 0 Å². The molecular formula is C22H22N4O6. The molecule has 1 aromatic carbocycles. The Morgan fingerprint density at radius 2 is 1.66 bits per heavy atom. The van der Waals surface area contributed by atoms with Gasteiger partial charge in [0.1, 0.15) is 6.04 Å². The molecule has 0 bridgehead atoms. The lowest BCUT2D eigenvalue weighted by atomic mass is 10.1. The van der Waals surface area contributed by atoms with Crippen molar-refractivity contribution in [2.24, 2.45) is 0 Å². The topological polar surface area (TPSA) is 122 Å². The highest BCUT2D eigenvalue weighted by atomic mass is 16.5. The van der Waals surface area contributed by atoms with Crippen molar-refractivity contribution in [1.29, 1.82) is 0 Å². The van der Waals surface area contributed by atoms with E-state index < -0.39 is 17.9 Å². The van der Waals surface area contributed by atoms with Gasteiger partial charge in [-0.15, -0.1) is 0 Å². The standard InChI is InChI=1S/C22H22N4O6/c1-29-17-13-18(30-2)26-22(25-17)32-16-10-7-11-23-19(16)20(27)24-15(21(28)31-3)12-14-8-5-4-6-9-14/h4-11,13,15H,12H2,1-3H3,(H,24,27). The first-order valence-electron chi connectivity index (χ1n) is 9.56. The van der Waals surface area contributed by atoms with E-state index in [1.807, 2.05) is 30.3 Å². The minimum atomic E-state index is -0.919. The maximum atomic E-state index is 13.0. The summed E-state index contributed by atoms with van der Waals surface area (Å²) >= 11 is 0. The molecule has 3 aromatic rings. The smallest absolute Gasteiger partial charge is 0.328 e. The Balaban J connectivity index is 1.83. The van der Waals surface area contributed by atoms with Crippen molar-refractivity contribution in [2.45, 2.75) is 12.5 Å². The molecular weight excluding hydrogens is 416 g/mol. The first kappa shape index (κ1) is 22.5. The summed E-state index contributed by atoms with van der Waals surface area (Å²) in [5.74, 6) is -0.683. The van der Waals surface area contributed by atoms with E-state index >= 15 is 0 Å². The number of rotatable bonds is 9. The Labute approximate surface area is 184 Å². The summed E-state index contributed by atoms with van der Waals surface area (Å²) in [5, 5.41) is 2.66. The normalized spacial score (nSPS) is 11.2. The van der Waals surface area contributed by atoms with Crippen LogP contribution in [0.25, 0.3) is 0 Å². The lowest BCUT2D eigenvalue weighted by Crippen LogP contribution is -2.43. The van der Waals surface area contributed by atoms with Gasteiger partial charge in [0.15, 0.2) is 11.4 Å². The van der Waals surface area contributed by atoms with Crippen molar-refractivity contribution in [1.82, 2.24) is 20.3 Å². The van der Waals surface area contributed by atoms with E-state index in [2.05, 4.69) is 20.3 Å². The Hall–Kier alpha value is -4.21. The zero-order chi connectivity index (χ0) is 22.9. The van der Waals surface area contributed by atoms with Crippen LogP contribution in [0.3, 0.4) is 0 Å². The number of hydrogen-bond acceptors (Lipinski definition) is 9. The maximum absolute atomic E-state index is 13.0. The molecule has 0 saturated carbocycles. The molecule has 0 spiro atoms. The average Bonchev–Trinajstić information content (AvgIpc) is 2.83. The van der Waals surface area contributed by atoms with Crippen molar-refractivity contribution in [3.05, 3.63) is 66.0 Å². The molecule has 32 heavy (non-hydrogen) atoms. The Morgan fingerprint density at radius 3 is 2.28 bits per heavy atom. The number of carbonyl (C=O) groups is 2. The van der Waals surface area contributed by atoms with Gasteiger partial charge in [0.05, 0.1) is 27.4 Å². The summed E-state index contributed by atoms with van der Waals surface area (Å²) in [6.45, 7) is 0. The van der Waals surface area contributed by atoms with Gasteiger partial charge in [-0.2, -0.15) is 9.97 Å². The fourth-order valence-electron chi connectivity index (χ4n) is 2.79. The predicted octanol–water partition coefficient (Wildman–Crippen LogP) is 2.20. The van der Waals surface area contributed by atoms with Gasteiger partial charge in [0, 0.05) is 12.6 Å². The molecule has 10 heteroatoms. The molecule has 1 N–H and O–H groups in total. The second-order valence-corrected chi connectivity index (χ2v) is 6.43. The fourth-order valence-corrected chi connectivity index (χ4v) is 2.79. The van der Waals surface area contributed by atoms with E-state index in [1.54, 1.807) is 6.07 Å². The van der Waals surface area contributed by atoms with Crippen molar-refractivity contribution < 1.29 is 28.5 Å². The van der Waals surface area contributed by atoms with E-state index in [9.17, 15) is 9.59 Å². The van der Waals surface area contributed by atoms with Crippen LogP contribution in [0.15, 0.2) is 54.7 Å². The van der Waals surface area contributed by atoms with Gasteiger partial charge >= 0.3 is 12.0 Å². The molecule has 0 fully saturated rings. The SMILES string of the molecule is COC(=O)C(Cc1ccccc1)NC(=O)c1ncccc1Oc1nc(OC)cc(OC)n1. The molecule has 2 heterocycles. The molecule has 0 aliphatic rings. The highest BCUT2D eigenvalue weighted by Gasteiger charge is 2.25. The van der Waals surface area contributed by atoms with Gasteiger partial charge < -0.3 is 24.3 Å². The highest BCUT2D eigenvalue weighted by molar-refractivity contribution is 5.97. The highest BCUT2D eigenvalue weighted by Crippen LogP contribution is 2.25. The molecule has 1 atom stereocenters. The van der Waals surface area contributed by atoms with Crippen LogP contribution in [0, 0.1) is 0 Å². The summed E-state index contributed by atoms with van der Waals surface area (Å²) in [6.07, 6.45) is 1.68. The van der Waals surface area contributed by atoms with Crippen LogP contribution in [-0.4, -0.2) is 54.2 Å². The van der Waals surface area contributed by atoms with Crippen molar-refractivity contribution >= 4 is 11.9 Å². The summed E-state index contributed by atoms with van der Waals surface area (Å²) in [5.41, 5.74) is 0.803. The first-order chi connectivity index (χ1) is 15.5. The quantitative estimate of drug-likeness (QED) is 0.501. The zero-order valence-electron chi connectivity index (χ0n) is 17.8. The second-order valence-electron chi connectivity index (χ2n) is 6.43. The molecule has 3 rings (SSSR count). The van der Waals surface area contributed by atoms with Gasteiger partial charge in [-0.1, -0.05) is 30.3 Å². The van der Waals surface area contributed by atoms with E-state index in [1.165, 1.54) is 39.7 Å². The van der Waals surface area contributed by atoms with Crippen LogP contribution in [0.4, 0.5) is 0 Å². The number of benzene rings is 1. The summed E-state index contributed by atoms with van der Waals surface area (Å²) in [6, 6.07) is 12.8. The number of methoxy groups -OCH3 is 3. The number of pyridine rings is 1. The predicted molar refractivity (Wildman–Crippen MR) is 113 cm³/mol. The molecule has 0 aliphatic carbocycles. The fraction of sp³-hybridized carbons (Fsp3) is 0.227. The number of aromatic nitrogens is 3. The Kier molecular flexibility index (Phi) is 7.52. The number of esters is 1. The molecule has 1 amide bonds. The largest absolute Gasteiger partial charge is 0.481 e. The van der Waals surface area contributed by atoms with Gasteiger partial charge in [-0.05, 0) is 17.7 Å². The van der Waals surface area contributed by atoms with E-state index in [0.717, 1.165) is 5.56 Å². The maximum Gasteiger partial charge on any atom is 0.328 e. The lowest BCUT2D eigenvalue weighted by molar-refractivity contribution is -0.142. The molecule has 0 saturated heterocycles. The summed E-state index contributed by atoms with van der Waals surface area (Å²) < 4.78 is 20.7. The third-order valence-corrected chi connectivity index (χ3v) is 4.34. The van der Waals surface area contributed by atoms with Crippen molar-refractivity contribution in [3.8, 4) is 23.5 Å². The molecule has 0 aliphatic heterocycles. The first-order valence-corrected chi connectivity index (χ1v) is 9.56. The lowest BCUT2D eigenvalue weighted by Gasteiger charge is -2.17. The molecule has 10 nitrogen and oxygen atoms in total. The second kappa shape index (κ2) is 10.7. The van der Waals surface area contributed by atoms with Crippen LogP contribution in [0.5, 0.6) is 23.5 Å². The molecule has 1 unspecified atom stereocenters. The monoisotopic (exact) mass is 438 g/mol. The minimum absolute atomic E-state index is 0.0557. The molecule has 0 radical (unpaired) electrons. The Bertz CT molecular complexity index is 1050. The zero-order valence-corrected chi connectivity index (χ0v) is 17.8.